The lowest BCUT2D eigenvalue weighted by atomic mass is 10.2. The molecule has 1 unspecified atom stereocenters. The highest BCUT2D eigenvalue weighted by atomic mass is 16.4. The number of anilines is 1. The third-order valence-corrected chi connectivity index (χ3v) is 3.67. The van der Waals surface area contributed by atoms with Crippen molar-refractivity contribution in [2.45, 2.75) is 26.7 Å². The number of rotatable bonds is 3. The summed E-state index contributed by atoms with van der Waals surface area (Å²) in [5.74, 6) is 2.09. The quantitative estimate of drug-likeness (QED) is 0.847. The summed E-state index contributed by atoms with van der Waals surface area (Å²) in [6.07, 6.45) is 2.06. The predicted octanol–water partition coefficient (Wildman–Crippen LogP) is 3.15. The second-order valence-corrected chi connectivity index (χ2v) is 5.24. The maximum absolute atomic E-state index is 5.57. The van der Waals surface area contributed by atoms with Crippen LogP contribution in [0.15, 0.2) is 28.7 Å². The molecule has 0 N–H and O–H groups in total. The fourth-order valence-electron chi connectivity index (χ4n) is 2.50. The van der Waals surface area contributed by atoms with Crippen LogP contribution >= 0.6 is 0 Å². The van der Waals surface area contributed by atoms with Crippen LogP contribution in [0.3, 0.4) is 0 Å². The Morgan fingerprint density at radius 1 is 1.26 bits per heavy atom. The Morgan fingerprint density at radius 2 is 2.05 bits per heavy atom. The smallest absolute Gasteiger partial charge is 0.247 e. The molecule has 1 aliphatic heterocycles. The Kier molecular flexibility index (Phi) is 3.23. The van der Waals surface area contributed by atoms with E-state index in [0.717, 1.165) is 31.0 Å². The van der Waals surface area contributed by atoms with Gasteiger partial charge < -0.3 is 9.32 Å². The van der Waals surface area contributed by atoms with Gasteiger partial charge in [0.2, 0.25) is 11.8 Å². The Labute approximate surface area is 113 Å². The molecule has 19 heavy (non-hydrogen) atoms. The van der Waals surface area contributed by atoms with Crippen molar-refractivity contribution in [3.05, 3.63) is 30.2 Å². The predicted molar refractivity (Wildman–Crippen MR) is 75.1 cm³/mol. The number of hydrogen-bond donors (Lipinski definition) is 0. The van der Waals surface area contributed by atoms with Gasteiger partial charge in [-0.1, -0.05) is 13.8 Å². The van der Waals surface area contributed by atoms with Gasteiger partial charge in [0.25, 0.3) is 0 Å². The molecule has 4 nitrogen and oxygen atoms in total. The minimum Gasteiger partial charge on any atom is -0.421 e. The van der Waals surface area contributed by atoms with Gasteiger partial charge in [0.1, 0.15) is 0 Å². The fourth-order valence-corrected chi connectivity index (χ4v) is 2.50. The third-order valence-electron chi connectivity index (χ3n) is 3.67. The molecule has 0 saturated carbocycles. The van der Waals surface area contributed by atoms with Gasteiger partial charge in [-0.25, -0.2) is 0 Å². The van der Waals surface area contributed by atoms with Crippen molar-refractivity contribution in [3.63, 3.8) is 0 Å². The highest BCUT2D eigenvalue weighted by Gasteiger charge is 2.18. The fraction of sp³-hybridized carbons (Fsp3) is 0.467. The molecule has 1 aliphatic rings. The van der Waals surface area contributed by atoms with E-state index in [9.17, 15) is 0 Å². The highest BCUT2D eigenvalue weighted by Crippen LogP contribution is 2.26. The van der Waals surface area contributed by atoms with E-state index in [0.29, 0.717) is 11.8 Å². The van der Waals surface area contributed by atoms with Crippen molar-refractivity contribution in [2.24, 2.45) is 5.92 Å². The van der Waals surface area contributed by atoms with Gasteiger partial charge in [-0.15, -0.1) is 10.2 Å². The van der Waals surface area contributed by atoms with Crippen molar-refractivity contribution in [1.29, 1.82) is 0 Å². The third kappa shape index (κ3) is 2.48. The summed E-state index contributed by atoms with van der Waals surface area (Å²) in [6, 6.07) is 8.41. The maximum atomic E-state index is 5.57. The molecule has 1 aromatic carbocycles. The zero-order chi connectivity index (χ0) is 13.2. The van der Waals surface area contributed by atoms with Gasteiger partial charge in [0.05, 0.1) is 0 Å². The summed E-state index contributed by atoms with van der Waals surface area (Å²) >= 11 is 0. The van der Waals surface area contributed by atoms with Gasteiger partial charge >= 0.3 is 0 Å². The highest BCUT2D eigenvalue weighted by molar-refractivity contribution is 5.59. The minimum absolute atomic E-state index is 0.609. The Bertz CT molecular complexity index is 547. The van der Waals surface area contributed by atoms with Crippen LogP contribution in [0.2, 0.25) is 0 Å². The molecule has 3 rings (SSSR count). The molecular formula is C15H19N3O. The van der Waals surface area contributed by atoms with Crippen LogP contribution in [-0.2, 0) is 6.42 Å². The molecule has 1 saturated heterocycles. The van der Waals surface area contributed by atoms with Crippen LogP contribution in [0, 0.1) is 5.92 Å². The number of aromatic nitrogens is 2. The Morgan fingerprint density at radius 3 is 2.63 bits per heavy atom. The molecule has 0 radical (unpaired) electrons. The first-order valence-corrected chi connectivity index (χ1v) is 6.94. The van der Waals surface area contributed by atoms with Crippen molar-refractivity contribution in [1.82, 2.24) is 10.2 Å². The molecule has 2 aromatic rings. The average molecular weight is 257 g/mol. The van der Waals surface area contributed by atoms with Gasteiger partial charge in [-0.3, -0.25) is 0 Å². The zero-order valence-electron chi connectivity index (χ0n) is 11.5. The molecule has 2 heterocycles. The zero-order valence-corrected chi connectivity index (χ0v) is 11.5. The largest absolute Gasteiger partial charge is 0.421 e. The monoisotopic (exact) mass is 257 g/mol. The minimum atomic E-state index is 0.609. The van der Waals surface area contributed by atoms with E-state index < -0.39 is 0 Å². The molecule has 0 aliphatic carbocycles. The van der Waals surface area contributed by atoms with Crippen LogP contribution < -0.4 is 4.90 Å². The summed E-state index contributed by atoms with van der Waals surface area (Å²) in [6.45, 7) is 6.62. The topological polar surface area (TPSA) is 42.2 Å². The molecule has 0 spiro atoms. The van der Waals surface area contributed by atoms with Crippen molar-refractivity contribution >= 4 is 5.69 Å². The second-order valence-electron chi connectivity index (χ2n) is 5.24. The van der Waals surface area contributed by atoms with Gasteiger partial charge in [0, 0.05) is 30.8 Å². The summed E-state index contributed by atoms with van der Waals surface area (Å²) in [5, 5.41) is 8.06. The van der Waals surface area contributed by atoms with Crippen molar-refractivity contribution in [3.8, 4) is 11.5 Å². The number of aryl methyl sites for hydroxylation is 1. The number of benzene rings is 1. The Balaban J connectivity index is 1.78. The average Bonchev–Trinajstić information content (AvgIpc) is 3.07. The van der Waals surface area contributed by atoms with Crippen LogP contribution in [-0.4, -0.2) is 23.3 Å². The van der Waals surface area contributed by atoms with Crippen LogP contribution in [0.1, 0.15) is 26.2 Å². The summed E-state index contributed by atoms with van der Waals surface area (Å²) in [4.78, 5) is 2.43. The SMILES string of the molecule is CCc1nnc(-c2ccc(N3CCC(C)C3)cc2)o1. The van der Waals surface area contributed by atoms with E-state index in [-0.39, 0.29) is 0 Å². The van der Waals surface area contributed by atoms with Crippen LogP contribution in [0.5, 0.6) is 0 Å². The Hall–Kier alpha value is -1.84. The summed E-state index contributed by atoms with van der Waals surface area (Å²) in [5.41, 5.74) is 2.27. The van der Waals surface area contributed by atoms with Gasteiger partial charge in [-0.05, 0) is 36.6 Å². The van der Waals surface area contributed by atoms with Gasteiger partial charge in [-0.2, -0.15) is 0 Å². The van der Waals surface area contributed by atoms with Crippen molar-refractivity contribution in [2.75, 3.05) is 18.0 Å². The molecule has 1 aromatic heterocycles. The summed E-state index contributed by atoms with van der Waals surface area (Å²) < 4.78 is 5.57. The van der Waals surface area contributed by atoms with Crippen LogP contribution in [0.25, 0.3) is 11.5 Å². The first-order chi connectivity index (χ1) is 9.26. The van der Waals surface area contributed by atoms with E-state index >= 15 is 0 Å². The molecular weight excluding hydrogens is 238 g/mol. The normalized spacial score (nSPS) is 19.1. The van der Waals surface area contributed by atoms with E-state index in [1.54, 1.807) is 0 Å². The van der Waals surface area contributed by atoms with Crippen molar-refractivity contribution < 1.29 is 4.42 Å². The molecule has 1 atom stereocenters. The number of nitrogens with zero attached hydrogens (tertiary/aromatic N) is 3. The number of hydrogen-bond acceptors (Lipinski definition) is 4. The first-order valence-electron chi connectivity index (χ1n) is 6.94. The van der Waals surface area contributed by atoms with E-state index in [2.05, 4.69) is 46.3 Å². The molecule has 0 amide bonds. The molecule has 1 fully saturated rings. The lowest BCUT2D eigenvalue weighted by molar-refractivity contribution is 0.513. The molecule has 100 valence electrons. The lowest BCUT2D eigenvalue weighted by Crippen LogP contribution is -2.18. The summed E-state index contributed by atoms with van der Waals surface area (Å²) in [7, 11) is 0. The lowest BCUT2D eigenvalue weighted by Gasteiger charge is -2.18. The van der Waals surface area contributed by atoms with E-state index in [1.165, 1.54) is 12.1 Å². The molecule has 4 heteroatoms. The standard InChI is InChI=1S/C15H19N3O/c1-3-14-16-17-15(19-14)12-4-6-13(7-5-12)18-9-8-11(2)10-18/h4-7,11H,3,8-10H2,1-2H3. The van der Waals surface area contributed by atoms with E-state index in [4.69, 9.17) is 4.42 Å². The first kappa shape index (κ1) is 12.2. The maximum Gasteiger partial charge on any atom is 0.247 e. The van der Waals surface area contributed by atoms with Crippen LogP contribution in [0.4, 0.5) is 5.69 Å². The second kappa shape index (κ2) is 5.03. The van der Waals surface area contributed by atoms with E-state index in [1.807, 2.05) is 6.92 Å². The molecule has 0 bridgehead atoms. The van der Waals surface area contributed by atoms with Gasteiger partial charge in [0.15, 0.2) is 0 Å².